The summed E-state index contributed by atoms with van der Waals surface area (Å²) in [5.41, 5.74) is 3.15. The fourth-order valence-corrected chi connectivity index (χ4v) is 5.00. The van der Waals surface area contributed by atoms with Crippen LogP contribution in [0.15, 0.2) is 35.1 Å². The van der Waals surface area contributed by atoms with E-state index in [2.05, 4.69) is 25.2 Å². The number of nitrogens with one attached hydrogen (secondary N) is 1. The van der Waals surface area contributed by atoms with Gasteiger partial charge in [0.1, 0.15) is 6.61 Å². The van der Waals surface area contributed by atoms with E-state index in [9.17, 15) is 14.7 Å². The van der Waals surface area contributed by atoms with E-state index in [1.54, 1.807) is 17.6 Å². The Morgan fingerprint density at radius 3 is 2.79 bits per heavy atom. The molecule has 7 nitrogen and oxygen atoms in total. The van der Waals surface area contributed by atoms with Crippen LogP contribution in [0.25, 0.3) is 22.3 Å². The Balaban J connectivity index is 1.67. The molecule has 2 aromatic heterocycles. The minimum atomic E-state index is -1.81. The van der Waals surface area contributed by atoms with Crippen molar-refractivity contribution >= 4 is 16.9 Å². The Bertz CT molecular complexity index is 1330. The van der Waals surface area contributed by atoms with Crippen molar-refractivity contribution < 1.29 is 14.6 Å². The van der Waals surface area contributed by atoms with Crippen molar-refractivity contribution in [2.45, 2.75) is 52.4 Å². The van der Waals surface area contributed by atoms with Crippen LogP contribution in [0, 0.1) is 5.92 Å². The van der Waals surface area contributed by atoms with E-state index in [-0.39, 0.29) is 18.6 Å². The molecule has 0 spiro atoms. The Hall–Kier alpha value is -3.03. The average molecular weight is 448 g/mol. The first-order chi connectivity index (χ1) is 15.8. The topological polar surface area (TPSA) is 93.5 Å². The minimum Gasteiger partial charge on any atom is -0.458 e. The molecular formula is C26H29N3O4. The van der Waals surface area contributed by atoms with Gasteiger partial charge in [-0.1, -0.05) is 39.0 Å². The summed E-state index contributed by atoms with van der Waals surface area (Å²) in [6.45, 7) is 8.16. The highest BCUT2D eigenvalue weighted by molar-refractivity contribution is 5.89. The highest BCUT2D eigenvalue weighted by atomic mass is 16.6. The number of para-hydroxylation sites is 1. The van der Waals surface area contributed by atoms with Crippen LogP contribution >= 0.6 is 0 Å². The second-order valence-electron chi connectivity index (χ2n) is 9.39. The third kappa shape index (κ3) is 3.38. The molecule has 0 saturated carbocycles. The molecular weight excluding hydrogens is 418 g/mol. The van der Waals surface area contributed by atoms with Gasteiger partial charge in [0.25, 0.3) is 5.56 Å². The predicted octanol–water partition coefficient (Wildman–Crippen LogP) is 2.87. The number of ether oxygens (including phenoxy) is 1. The first kappa shape index (κ1) is 21.8. The minimum absolute atomic E-state index is 0.118. The number of carbonyl (C=O) groups excluding carboxylic acids is 1. The van der Waals surface area contributed by atoms with Gasteiger partial charge < -0.3 is 19.7 Å². The fourth-order valence-electron chi connectivity index (χ4n) is 5.00. The smallest absolute Gasteiger partial charge is 0.343 e. The van der Waals surface area contributed by atoms with Gasteiger partial charge in [0.05, 0.1) is 29.0 Å². The van der Waals surface area contributed by atoms with Crippen molar-refractivity contribution in [1.82, 2.24) is 14.9 Å². The second kappa shape index (κ2) is 8.08. The lowest BCUT2D eigenvalue weighted by atomic mass is 9.86. The molecule has 0 bridgehead atoms. The van der Waals surface area contributed by atoms with Crippen LogP contribution in [0.1, 0.15) is 49.4 Å². The summed E-state index contributed by atoms with van der Waals surface area (Å²) in [5, 5.41) is 15.7. The summed E-state index contributed by atoms with van der Waals surface area (Å²) < 4.78 is 6.88. The highest BCUT2D eigenvalue weighted by Crippen LogP contribution is 2.40. The molecule has 0 aliphatic carbocycles. The van der Waals surface area contributed by atoms with Crippen LogP contribution in [-0.4, -0.2) is 33.7 Å². The van der Waals surface area contributed by atoms with E-state index < -0.39 is 11.6 Å². The van der Waals surface area contributed by atoms with Crippen molar-refractivity contribution in [3.63, 3.8) is 0 Å². The number of nitrogens with zero attached hydrogens (tertiary/aromatic N) is 2. The summed E-state index contributed by atoms with van der Waals surface area (Å²) in [7, 11) is 0. The van der Waals surface area contributed by atoms with Gasteiger partial charge in [-0.3, -0.25) is 4.79 Å². The van der Waals surface area contributed by atoms with Crippen molar-refractivity contribution in [2.75, 3.05) is 13.1 Å². The molecule has 4 heterocycles. The predicted molar refractivity (Wildman–Crippen MR) is 126 cm³/mol. The number of pyridine rings is 2. The maximum Gasteiger partial charge on any atom is 0.343 e. The number of cyclic esters (lactones) is 1. The van der Waals surface area contributed by atoms with Crippen molar-refractivity contribution in [1.29, 1.82) is 0 Å². The van der Waals surface area contributed by atoms with Gasteiger partial charge in [0.15, 0.2) is 5.60 Å². The van der Waals surface area contributed by atoms with E-state index in [0.29, 0.717) is 29.3 Å². The summed E-state index contributed by atoms with van der Waals surface area (Å²) in [6, 6.07) is 9.82. The van der Waals surface area contributed by atoms with Gasteiger partial charge >= 0.3 is 5.97 Å². The van der Waals surface area contributed by atoms with Crippen LogP contribution in [0.5, 0.6) is 0 Å². The van der Waals surface area contributed by atoms with Crippen molar-refractivity contribution in [3.05, 3.63) is 62.9 Å². The summed E-state index contributed by atoms with van der Waals surface area (Å²) in [4.78, 5) is 30.8. The van der Waals surface area contributed by atoms with E-state index in [1.165, 1.54) is 5.56 Å². The molecule has 33 heavy (non-hydrogen) atoms. The van der Waals surface area contributed by atoms with Crippen LogP contribution < -0.4 is 10.9 Å². The molecule has 1 atom stereocenters. The van der Waals surface area contributed by atoms with Gasteiger partial charge in [0, 0.05) is 16.5 Å². The Morgan fingerprint density at radius 2 is 2.03 bits per heavy atom. The number of fused-ring (bicyclic) bond motifs is 5. The molecule has 1 aromatic carbocycles. The molecule has 0 saturated heterocycles. The van der Waals surface area contributed by atoms with Crippen molar-refractivity contribution in [2.24, 2.45) is 5.92 Å². The molecule has 0 amide bonds. The van der Waals surface area contributed by atoms with E-state index in [1.807, 2.05) is 18.2 Å². The van der Waals surface area contributed by atoms with Gasteiger partial charge in [-0.2, -0.15) is 0 Å². The molecule has 3 aromatic rings. The molecule has 0 radical (unpaired) electrons. The summed E-state index contributed by atoms with van der Waals surface area (Å²) in [5.74, 6) is -0.134. The number of hydrogen-bond acceptors (Lipinski definition) is 6. The number of aliphatic hydroxyl groups is 1. The van der Waals surface area contributed by atoms with Gasteiger partial charge in [-0.25, -0.2) is 9.78 Å². The number of rotatable bonds is 6. The lowest BCUT2D eigenvalue weighted by molar-refractivity contribution is -0.172. The lowest BCUT2D eigenvalue weighted by Crippen LogP contribution is -2.44. The lowest BCUT2D eigenvalue weighted by Gasteiger charge is -2.31. The monoisotopic (exact) mass is 447 g/mol. The third-order valence-electron chi connectivity index (χ3n) is 6.82. The Labute approximate surface area is 192 Å². The molecule has 7 heteroatoms. The van der Waals surface area contributed by atoms with Crippen LogP contribution in [-0.2, 0) is 34.7 Å². The number of esters is 1. The Morgan fingerprint density at radius 1 is 1.24 bits per heavy atom. The molecule has 2 aliphatic rings. The van der Waals surface area contributed by atoms with Crippen LogP contribution in [0.4, 0.5) is 0 Å². The van der Waals surface area contributed by atoms with Gasteiger partial charge in [-0.05, 0) is 49.5 Å². The normalized spacial score (nSPS) is 18.9. The molecule has 5 rings (SSSR count). The van der Waals surface area contributed by atoms with Crippen LogP contribution in [0.2, 0.25) is 0 Å². The quantitative estimate of drug-likeness (QED) is 0.349. The first-order valence-corrected chi connectivity index (χ1v) is 11.6. The maximum absolute atomic E-state index is 13.4. The molecule has 2 aliphatic heterocycles. The molecule has 2 N–H and O–H groups in total. The van der Waals surface area contributed by atoms with Gasteiger partial charge in [-0.15, -0.1) is 0 Å². The Kier molecular flexibility index (Phi) is 5.34. The summed E-state index contributed by atoms with van der Waals surface area (Å²) in [6.07, 6.45) is 0.952. The van der Waals surface area contributed by atoms with E-state index in [0.717, 1.165) is 41.7 Å². The number of carbonyl (C=O) groups is 1. The van der Waals surface area contributed by atoms with Crippen LogP contribution in [0.3, 0.4) is 0 Å². The number of benzene rings is 1. The fraction of sp³-hybridized carbons (Fsp3) is 0.423. The SMILES string of the molecule is CC[C@@]1(O)C(=O)OCc2c1cc1n(c2=O)Cc2c-1nc1ccccc1c2CCNCC(C)C. The average Bonchev–Trinajstić information content (AvgIpc) is 3.17. The second-order valence-corrected chi connectivity index (χ2v) is 9.39. The zero-order valence-corrected chi connectivity index (χ0v) is 19.3. The largest absolute Gasteiger partial charge is 0.458 e. The maximum atomic E-state index is 13.4. The highest BCUT2D eigenvalue weighted by Gasteiger charge is 2.45. The molecule has 0 unspecified atom stereocenters. The third-order valence-corrected chi connectivity index (χ3v) is 6.82. The molecule has 172 valence electrons. The zero-order valence-electron chi connectivity index (χ0n) is 19.3. The first-order valence-electron chi connectivity index (χ1n) is 11.6. The number of hydrogen-bond donors (Lipinski definition) is 2. The summed E-state index contributed by atoms with van der Waals surface area (Å²) >= 11 is 0. The van der Waals surface area contributed by atoms with E-state index >= 15 is 0 Å². The van der Waals surface area contributed by atoms with Crippen molar-refractivity contribution in [3.8, 4) is 11.4 Å². The standard InChI is InChI=1S/C26H29N3O4/c1-4-26(32)20-11-22-23-18(13-29(22)24(30)19(20)14-33-25(26)31)16(9-10-27-12-15(2)3)17-7-5-6-8-21(17)28-23/h5-8,11,15,27,32H,4,9-10,12-14H2,1-3H3/t26-/m0/s1. The molecule has 0 fully saturated rings. The zero-order chi connectivity index (χ0) is 23.3. The van der Waals surface area contributed by atoms with Gasteiger partial charge in [0.2, 0.25) is 0 Å². The number of aromatic nitrogens is 2. The van der Waals surface area contributed by atoms with E-state index in [4.69, 9.17) is 9.72 Å².